The van der Waals surface area contributed by atoms with Crippen molar-refractivity contribution < 1.29 is 37.7 Å². The van der Waals surface area contributed by atoms with Crippen molar-refractivity contribution in [2.75, 3.05) is 0 Å². The first-order valence-corrected chi connectivity index (χ1v) is 8.71. The molecular formula is C24H14F4IrN2-2. The third kappa shape index (κ3) is 6.41. The van der Waals surface area contributed by atoms with Crippen molar-refractivity contribution >= 4 is 6.08 Å². The molecule has 0 N–H and O–H groups in total. The first-order chi connectivity index (χ1) is 14.5. The maximum absolute atomic E-state index is 13.4. The van der Waals surface area contributed by atoms with Gasteiger partial charge < -0.3 is 9.97 Å². The molecule has 0 unspecified atom stereocenters. The van der Waals surface area contributed by atoms with Gasteiger partial charge in [0, 0.05) is 55.8 Å². The van der Waals surface area contributed by atoms with Crippen LogP contribution in [0.4, 0.5) is 17.6 Å². The van der Waals surface area contributed by atoms with Gasteiger partial charge in [-0.3, -0.25) is 17.6 Å². The van der Waals surface area contributed by atoms with Crippen molar-refractivity contribution in [2.24, 2.45) is 0 Å². The molecule has 0 atom stereocenters. The van der Waals surface area contributed by atoms with Gasteiger partial charge in [-0.25, -0.2) is 0 Å². The summed E-state index contributed by atoms with van der Waals surface area (Å²) in [6, 6.07) is 17.3. The zero-order valence-corrected chi connectivity index (χ0v) is 18.3. The van der Waals surface area contributed by atoms with Crippen LogP contribution in [-0.2, 0) is 20.1 Å². The zero-order chi connectivity index (χ0) is 21.5. The van der Waals surface area contributed by atoms with Gasteiger partial charge in [-0.1, -0.05) is 60.2 Å². The first kappa shape index (κ1) is 24.1. The van der Waals surface area contributed by atoms with Crippen LogP contribution in [-0.4, -0.2) is 9.97 Å². The van der Waals surface area contributed by atoms with E-state index >= 15 is 0 Å². The Morgan fingerprint density at radius 2 is 1.35 bits per heavy atom. The molecule has 0 saturated carbocycles. The van der Waals surface area contributed by atoms with Crippen LogP contribution < -0.4 is 0 Å². The number of hydrogen-bond acceptors (Lipinski definition) is 2. The predicted molar refractivity (Wildman–Crippen MR) is 107 cm³/mol. The summed E-state index contributed by atoms with van der Waals surface area (Å²) in [4.78, 5) is 7.99. The molecule has 0 aliphatic heterocycles. The van der Waals surface area contributed by atoms with Crippen molar-refractivity contribution in [3.63, 3.8) is 0 Å². The van der Waals surface area contributed by atoms with Gasteiger partial charge in [-0.15, -0.1) is 24.3 Å². The number of pyridine rings is 2. The smallest absolute Gasteiger partial charge is 0.0408 e. The fraction of sp³-hybridized carbons (Fsp3) is 0. The minimum absolute atomic E-state index is 0. The fourth-order valence-electron chi connectivity index (χ4n) is 2.47. The minimum Gasteiger partial charge on any atom is -0.305 e. The van der Waals surface area contributed by atoms with Crippen molar-refractivity contribution in [1.82, 2.24) is 9.97 Å². The molecule has 4 rings (SSSR count). The van der Waals surface area contributed by atoms with Crippen LogP contribution >= 0.6 is 0 Å². The summed E-state index contributed by atoms with van der Waals surface area (Å²) in [5, 5.41) is 0. The van der Waals surface area contributed by atoms with Crippen molar-refractivity contribution in [3.8, 4) is 22.5 Å². The molecule has 2 aromatic carbocycles. The second-order valence-electron chi connectivity index (χ2n) is 5.98. The molecule has 0 spiro atoms. The molecular weight excluding hydrogens is 584 g/mol. The molecule has 31 heavy (non-hydrogen) atoms. The molecule has 0 amide bonds. The molecule has 2 nitrogen and oxygen atoms in total. The Bertz CT molecular complexity index is 1150. The molecule has 0 aliphatic rings. The van der Waals surface area contributed by atoms with Crippen molar-refractivity contribution in [1.29, 1.82) is 0 Å². The molecule has 0 bridgehead atoms. The molecule has 7 heteroatoms. The number of aromatic nitrogens is 2. The quantitative estimate of drug-likeness (QED) is 0.205. The van der Waals surface area contributed by atoms with E-state index in [-0.39, 0.29) is 31.2 Å². The van der Waals surface area contributed by atoms with E-state index in [2.05, 4.69) is 28.7 Å². The van der Waals surface area contributed by atoms with Gasteiger partial charge in [-0.05, 0) is 23.0 Å². The second-order valence-corrected chi connectivity index (χ2v) is 5.98. The Labute approximate surface area is 190 Å². The molecule has 2 heterocycles. The Morgan fingerprint density at radius 3 is 1.77 bits per heavy atom. The summed E-state index contributed by atoms with van der Waals surface area (Å²) in [6.07, 6.45) is 4.76. The molecule has 0 fully saturated rings. The molecule has 159 valence electrons. The van der Waals surface area contributed by atoms with Gasteiger partial charge >= 0.3 is 0 Å². The van der Waals surface area contributed by atoms with Crippen LogP contribution in [0.1, 0.15) is 5.56 Å². The van der Waals surface area contributed by atoms with E-state index in [9.17, 15) is 17.6 Å². The Balaban J connectivity index is 0.000000215. The van der Waals surface area contributed by atoms with E-state index in [0.717, 1.165) is 29.8 Å². The summed E-state index contributed by atoms with van der Waals surface area (Å²) in [5.74, 6) is -2.60. The summed E-state index contributed by atoms with van der Waals surface area (Å²) >= 11 is 0. The van der Waals surface area contributed by atoms with E-state index in [4.69, 9.17) is 0 Å². The number of halogens is 4. The van der Waals surface area contributed by atoms with Crippen molar-refractivity contribution in [3.05, 3.63) is 115 Å². The average Bonchev–Trinajstić information content (AvgIpc) is 2.75. The molecule has 0 saturated heterocycles. The van der Waals surface area contributed by atoms with E-state index in [0.29, 0.717) is 11.4 Å². The SMILES string of the molecule is C=Cc1ccc(-c2[c-]cc(F)cc2F)nc1.Fc1c[c-]c(-c2ccccn2)c(F)c1.[Ir]. The van der Waals surface area contributed by atoms with E-state index in [1.165, 1.54) is 0 Å². The molecule has 1 radical (unpaired) electrons. The Kier molecular flexibility index (Phi) is 8.79. The zero-order valence-electron chi connectivity index (χ0n) is 15.9. The number of benzene rings is 2. The summed E-state index contributed by atoms with van der Waals surface area (Å²) in [6.45, 7) is 3.59. The van der Waals surface area contributed by atoms with Crippen LogP contribution in [0.15, 0.2) is 73.6 Å². The third-order valence-corrected chi connectivity index (χ3v) is 3.91. The standard InChI is InChI=1S/C13H8F2N.C11H6F2N.Ir/c1-2-9-3-6-13(16-8-9)11-5-4-10(14)7-12(11)15;12-8-4-5-9(10(13)7-8)11-3-1-2-6-14-11;/h2-4,6-8H,1H2;1-4,6-7H;/q2*-1;. The van der Waals surface area contributed by atoms with E-state index < -0.39 is 23.3 Å². The molecule has 0 aliphatic carbocycles. The van der Waals surface area contributed by atoms with Gasteiger partial charge in [0.15, 0.2) is 0 Å². The average molecular weight is 599 g/mol. The summed E-state index contributed by atoms with van der Waals surface area (Å²) < 4.78 is 51.9. The first-order valence-electron chi connectivity index (χ1n) is 8.71. The molecule has 4 aromatic rings. The maximum Gasteiger partial charge on any atom is 0.0408 e. The predicted octanol–water partition coefficient (Wildman–Crippen LogP) is 6.29. The summed E-state index contributed by atoms with van der Waals surface area (Å²) in [5.41, 5.74) is 2.06. The van der Waals surface area contributed by atoms with Crippen LogP contribution in [0.3, 0.4) is 0 Å². The normalized spacial score (nSPS) is 9.81. The minimum atomic E-state index is -0.668. The summed E-state index contributed by atoms with van der Waals surface area (Å²) in [7, 11) is 0. The van der Waals surface area contributed by atoms with Gasteiger partial charge in [0.05, 0.1) is 0 Å². The van der Waals surface area contributed by atoms with E-state index in [1.807, 2.05) is 0 Å². The van der Waals surface area contributed by atoms with Crippen LogP contribution in [0.5, 0.6) is 0 Å². The van der Waals surface area contributed by atoms with E-state index in [1.54, 1.807) is 48.8 Å². The Morgan fingerprint density at radius 1 is 0.774 bits per heavy atom. The largest absolute Gasteiger partial charge is 0.305 e. The van der Waals surface area contributed by atoms with Crippen molar-refractivity contribution in [2.45, 2.75) is 0 Å². The topological polar surface area (TPSA) is 25.8 Å². The second kappa shape index (κ2) is 11.3. The fourth-order valence-corrected chi connectivity index (χ4v) is 2.47. The number of rotatable bonds is 3. The number of hydrogen-bond donors (Lipinski definition) is 0. The maximum atomic E-state index is 13.4. The monoisotopic (exact) mass is 599 g/mol. The van der Waals surface area contributed by atoms with Crippen LogP contribution in [0.25, 0.3) is 28.6 Å². The van der Waals surface area contributed by atoms with Gasteiger partial charge in [-0.2, -0.15) is 0 Å². The third-order valence-electron chi connectivity index (χ3n) is 3.91. The Hall–Kier alpha value is -3.15. The number of nitrogens with zero attached hydrogens (tertiary/aromatic N) is 2. The van der Waals surface area contributed by atoms with Crippen LogP contribution in [0, 0.1) is 35.4 Å². The molecule has 2 aromatic heterocycles. The van der Waals surface area contributed by atoms with Gasteiger partial charge in [0.2, 0.25) is 0 Å². The van der Waals surface area contributed by atoms with Crippen LogP contribution in [0.2, 0.25) is 0 Å². The van der Waals surface area contributed by atoms with Gasteiger partial charge in [0.1, 0.15) is 0 Å². The van der Waals surface area contributed by atoms with Gasteiger partial charge in [0.25, 0.3) is 0 Å².